The third-order valence-electron chi connectivity index (χ3n) is 6.27. The van der Waals surface area contributed by atoms with Crippen molar-refractivity contribution in [3.05, 3.63) is 107 Å². The zero-order chi connectivity index (χ0) is 25.2. The predicted octanol–water partition coefficient (Wildman–Crippen LogP) is 6.26. The maximum Gasteiger partial charge on any atom is 0.135 e. The lowest BCUT2D eigenvalue weighted by Crippen LogP contribution is -2.11. The van der Waals surface area contributed by atoms with E-state index in [9.17, 15) is 15.3 Å². The van der Waals surface area contributed by atoms with Gasteiger partial charge in [-0.2, -0.15) is 0 Å². The first-order valence-corrected chi connectivity index (χ1v) is 11.5. The molecule has 0 bridgehead atoms. The number of ether oxygens (including phenoxy) is 3. The molecule has 6 heteroatoms. The summed E-state index contributed by atoms with van der Waals surface area (Å²) in [6.07, 6.45) is 3.58. The van der Waals surface area contributed by atoms with Crippen LogP contribution in [0.3, 0.4) is 0 Å². The predicted molar refractivity (Wildman–Crippen MR) is 138 cm³/mol. The fourth-order valence-electron chi connectivity index (χ4n) is 4.58. The Balaban J connectivity index is 1.55. The number of phenols is 3. The zero-order valence-corrected chi connectivity index (χ0v) is 19.9. The van der Waals surface area contributed by atoms with Gasteiger partial charge in [-0.25, -0.2) is 0 Å². The van der Waals surface area contributed by atoms with Crippen molar-refractivity contribution >= 4 is 12.2 Å². The van der Waals surface area contributed by atoms with Crippen molar-refractivity contribution in [3.63, 3.8) is 0 Å². The van der Waals surface area contributed by atoms with E-state index in [4.69, 9.17) is 14.2 Å². The molecule has 1 unspecified atom stereocenters. The molecule has 1 heterocycles. The summed E-state index contributed by atoms with van der Waals surface area (Å²) in [5.74, 6) is 1.97. The third kappa shape index (κ3) is 4.66. The van der Waals surface area contributed by atoms with Gasteiger partial charge in [0.25, 0.3) is 0 Å². The first kappa shape index (κ1) is 23.2. The van der Waals surface area contributed by atoms with Gasteiger partial charge >= 0.3 is 0 Å². The van der Waals surface area contributed by atoms with Crippen molar-refractivity contribution in [1.82, 2.24) is 0 Å². The zero-order valence-electron chi connectivity index (χ0n) is 19.9. The van der Waals surface area contributed by atoms with Crippen LogP contribution in [0.4, 0.5) is 0 Å². The molecule has 0 spiro atoms. The van der Waals surface area contributed by atoms with Crippen LogP contribution in [-0.4, -0.2) is 29.5 Å². The van der Waals surface area contributed by atoms with Crippen molar-refractivity contribution in [2.75, 3.05) is 14.2 Å². The van der Waals surface area contributed by atoms with Gasteiger partial charge in [-0.1, -0.05) is 30.4 Å². The molecular formula is C30H26O6. The van der Waals surface area contributed by atoms with E-state index in [0.717, 1.165) is 33.6 Å². The van der Waals surface area contributed by atoms with Crippen LogP contribution >= 0.6 is 0 Å². The summed E-state index contributed by atoms with van der Waals surface area (Å²) >= 11 is 0. The molecule has 0 fully saturated rings. The Labute approximate surface area is 209 Å². The quantitative estimate of drug-likeness (QED) is 0.281. The highest BCUT2D eigenvalue weighted by molar-refractivity contribution is 5.72. The van der Waals surface area contributed by atoms with E-state index in [2.05, 4.69) is 6.07 Å². The summed E-state index contributed by atoms with van der Waals surface area (Å²) in [4.78, 5) is 0. The van der Waals surface area contributed by atoms with E-state index < -0.39 is 6.10 Å². The minimum absolute atomic E-state index is 0.0223. The van der Waals surface area contributed by atoms with Gasteiger partial charge in [0.15, 0.2) is 0 Å². The molecule has 3 N–H and O–H groups in total. The minimum Gasteiger partial charge on any atom is -0.508 e. The second-order valence-corrected chi connectivity index (χ2v) is 8.67. The van der Waals surface area contributed by atoms with E-state index in [1.54, 1.807) is 38.5 Å². The number of fused-ring (bicyclic) bond motifs is 1. The first-order valence-electron chi connectivity index (χ1n) is 11.5. The summed E-state index contributed by atoms with van der Waals surface area (Å²) in [6.45, 7) is 0. The second-order valence-electron chi connectivity index (χ2n) is 8.67. The topological polar surface area (TPSA) is 88.4 Å². The third-order valence-corrected chi connectivity index (χ3v) is 6.27. The lowest BCUT2D eigenvalue weighted by Gasteiger charge is -2.20. The van der Waals surface area contributed by atoms with Crippen LogP contribution in [0.15, 0.2) is 78.9 Å². The molecule has 5 rings (SSSR count). The monoisotopic (exact) mass is 482 g/mol. The van der Waals surface area contributed by atoms with Crippen molar-refractivity contribution in [1.29, 1.82) is 0 Å². The summed E-state index contributed by atoms with van der Waals surface area (Å²) in [6, 6.07) is 23.1. The fourth-order valence-corrected chi connectivity index (χ4v) is 4.58. The Morgan fingerprint density at radius 2 is 1.28 bits per heavy atom. The van der Waals surface area contributed by atoms with Crippen molar-refractivity contribution in [2.45, 2.75) is 12.0 Å². The molecule has 1 aliphatic rings. The Hall–Kier alpha value is -4.58. The fraction of sp³-hybridized carbons (Fsp3) is 0.133. The highest BCUT2D eigenvalue weighted by Crippen LogP contribution is 2.51. The largest absolute Gasteiger partial charge is 0.508 e. The molecule has 0 radical (unpaired) electrons. The van der Waals surface area contributed by atoms with E-state index in [0.29, 0.717) is 11.5 Å². The SMILES string of the molecule is COc1cc(/C=C/c2ccc3c(c2)C(c2cc(O)cc(O)c2)[C@H](c2ccc(O)cc2)O3)cc(OC)c1. The maximum atomic E-state index is 10.2. The molecule has 4 aromatic rings. The van der Waals surface area contributed by atoms with Crippen LogP contribution < -0.4 is 14.2 Å². The van der Waals surface area contributed by atoms with Crippen molar-refractivity contribution < 1.29 is 29.5 Å². The number of rotatable bonds is 6. The smallest absolute Gasteiger partial charge is 0.135 e. The molecule has 36 heavy (non-hydrogen) atoms. The van der Waals surface area contributed by atoms with Gasteiger partial charge in [0.05, 0.1) is 20.1 Å². The first-order chi connectivity index (χ1) is 17.4. The van der Waals surface area contributed by atoms with Gasteiger partial charge in [0.2, 0.25) is 0 Å². The molecule has 1 aliphatic heterocycles. The number of hydrogen-bond donors (Lipinski definition) is 3. The molecule has 182 valence electrons. The summed E-state index contributed by atoms with van der Waals surface area (Å²) in [5, 5.41) is 30.1. The Morgan fingerprint density at radius 1 is 0.639 bits per heavy atom. The van der Waals surface area contributed by atoms with Crippen LogP contribution in [0.25, 0.3) is 12.2 Å². The molecule has 0 saturated carbocycles. The molecule has 6 nitrogen and oxygen atoms in total. The van der Waals surface area contributed by atoms with E-state index in [1.165, 1.54) is 6.07 Å². The normalized spacial score (nSPS) is 16.5. The molecule has 4 aromatic carbocycles. The molecule has 0 saturated heterocycles. The van der Waals surface area contributed by atoms with Crippen LogP contribution in [-0.2, 0) is 0 Å². The molecule has 0 amide bonds. The lowest BCUT2D eigenvalue weighted by molar-refractivity contribution is 0.222. The number of benzene rings is 4. The number of phenolic OH excluding ortho intramolecular Hbond substituents is 3. The average molecular weight is 483 g/mol. The minimum atomic E-state index is -0.399. The van der Waals surface area contributed by atoms with Gasteiger partial charge < -0.3 is 29.5 Å². The van der Waals surface area contributed by atoms with Gasteiger partial charge in [0, 0.05) is 17.7 Å². The second kappa shape index (κ2) is 9.58. The van der Waals surface area contributed by atoms with Gasteiger partial charge in [-0.3, -0.25) is 0 Å². The van der Waals surface area contributed by atoms with E-state index >= 15 is 0 Å². The molecule has 2 atom stereocenters. The summed E-state index contributed by atoms with van der Waals surface area (Å²) in [7, 11) is 3.24. The van der Waals surface area contributed by atoms with Gasteiger partial charge in [-0.15, -0.1) is 0 Å². The van der Waals surface area contributed by atoms with Crippen LogP contribution in [0, 0.1) is 0 Å². The Bertz CT molecular complexity index is 1380. The van der Waals surface area contributed by atoms with Crippen LogP contribution in [0.1, 0.15) is 39.8 Å². The standard InChI is InChI=1S/C30H26O6/c1-34-25-11-19(12-26(17-25)35-2)4-3-18-5-10-28-27(13-18)29(21-14-23(32)16-24(33)15-21)30(36-28)20-6-8-22(31)9-7-20/h3-17,29-33H,1-2H3/b4-3+/t29?,30-/m0/s1. The van der Waals surface area contributed by atoms with Crippen molar-refractivity contribution in [2.24, 2.45) is 0 Å². The summed E-state index contributed by atoms with van der Waals surface area (Å²) in [5.41, 5.74) is 4.42. The van der Waals surface area contributed by atoms with Gasteiger partial charge in [0.1, 0.15) is 40.6 Å². The molecule has 0 aromatic heterocycles. The highest BCUT2D eigenvalue weighted by atomic mass is 16.5. The van der Waals surface area contributed by atoms with E-state index in [1.807, 2.05) is 54.6 Å². The van der Waals surface area contributed by atoms with Gasteiger partial charge in [-0.05, 0) is 70.8 Å². The Kier molecular flexibility index (Phi) is 6.17. The highest BCUT2D eigenvalue weighted by Gasteiger charge is 2.37. The van der Waals surface area contributed by atoms with Crippen LogP contribution in [0.5, 0.6) is 34.5 Å². The maximum absolute atomic E-state index is 10.2. The summed E-state index contributed by atoms with van der Waals surface area (Å²) < 4.78 is 17.1. The number of aromatic hydroxyl groups is 3. The van der Waals surface area contributed by atoms with Crippen molar-refractivity contribution in [3.8, 4) is 34.5 Å². The molecular weight excluding hydrogens is 456 g/mol. The van der Waals surface area contributed by atoms with E-state index in [-0.39, 0.29) is 23.2 Å². The average Bonchev–Trinajstić information content (AvgIpc) is 3.26. The van der Waals surface area contributed by atoms with Crippen LogP contribution in [0.2, 0.25) is 0 Å². The Morgan fingerprint density at radius 3 is 1.92 bits per heavy atom. The number of hydrogen-bond acceptors (Lipinski definition) is 6. The molecule has 0 aliphatic carbocycles. The number of methoxy groups -OCH3 is 2. The lowest BCUT2D eigenvalue weighted by atomic mass is 9.84.